The van der Waals surface area contributed by atoms with Gasteiger partial charge < -0.3 is 20.7 Å². The first-order valence-electron chi connectivity index (χ1n) is 11.3. The van der Waals surface area contributed by atoms with Gasteiger partial charge in [0.05, 0.1) is 23.5 Å². The van der Waals surface area contributed by atoms with Gasteiger partial charge in [-0.3, -0.25) is 10.2 Å². The van der Waals surface area contributed by atoms with E-state index in [1.54, 1.807) is 43.5 Å². The number of benzene rings is 1. The number of nitrogens with two attached hydrogens (primary N) is 1. The number of rotatable bonds is 5. The lowest BCUT2D eigenvalue weighted by Gasteiger charge is -2.36. The molecule has 1 aliphatic rings. The Bertz CT molecular complexity index is 1320. The van der Waals surface area contributed by atoms with E-state index in [1.165, 1.54) is 6.20 Å². The van der Waals surface area contributed by atoms with E-state index < -0.39 is 5.91 Å². The van der Waals surface area contributed by atoms with Crippen molar-refractivity contribution in [3.8, 4) is 6.07 Å². The smallest absolute Gasteiger partial charge is 0.274 e. The fourth-order valence-corrected chi connectivity index (χ4v) is 4.18. The van der Waals surface area contributed by atoms with Crippen LogP contribution in [-0.2, 0) is 4.74 Å². The number of hydrogen-bond donors (Lipinski definition) is 3. The van der Waals surface area contributed by atoms with Gasteiger partial charge in [-0.25, -0.2) is 9.97 Å². The number of pyridine rings is 2. The summed E-state index contributed by atoms with van der Waals surface area (Å²) in [7, 11) is 0. The predicted molar refractivity (Wildman–Crippen MR) is 135 cm³/mol. The third kappa shape index (κ3) is 5.28. The molecule has 2 unspecified atom stereocenters. The Hall–Kier alpha value is -4.29. The van der Waals surface area contributed by atoms with Crippen LogP contribution >= 0.6 is 0 Å². The van der Waals surface area contributed by atoms with Crippen LogP contribution in [0, 0.1) is 23.7 Å². The van der Waals surface area contributed by atoms with E-state index in [0.717, 1.165) is 18.9 Å². The van der Waals surface area contributed by atoms with Gasteiger partial charge in [0.1, 0.15) is 17.6 Å². The lowest BCUT2D eigenvalue weighted by Crippen LogP contribution is -2.45. The second-order valence-electron chi connectivity index (χ2n) is 8.70. The van der Waals surface area contributed by atoms with Crippen LogP contribution in [0.15, 0.2) is 48.8 Å². The van der Waals surface area contributed by atoms with Gasteiger partial charge in [0.15, 0.2) is 0 Å². The van der Waals surface area contributed by atoms with Gasteiger partial charge in [-0.2, -0.15) is 5.26 Å². The lowest BCUT2D eigenvalue weighted by molar-refractivity contribution is -0.00546. The highest BCUT2D eigenvalue weighted by atomic mass is 16.5. The molecule has 1 aliphatic heterocycles. The maximum absolute atomic E-state index is 12.8. The second kappa shape index (κ2) is 9.91. The summed E-state index contributed by atoms with van der Waals surface area (Å²) < 4.78 is 5.81. The quantitative estimate of drug-likeness (QED) is 0.383. The molecule has 1 saturated heterocycles. The molecule has 0 aliphatic carbocycles. The molecule has 35 heavy (non-hydrogen) atoms. The van der Waals surface area contributed by atoms with Crippen molar-refractivity contribution in [1.82, 2.24) is 9.97 Å². The van der Waals surface area contributed by atoms with Crippen molar-refractivity contribution in [3.63, 3.8) is 0 Å². The zero-order valence-electron chi connectivity index (χ0n) is 19.9. The third-order valence-electron chi connectivity index (χ3n) is 5.78. The maximum atomic E-state index is 12.8. The summed E-state index contributed by atoms with van der Waals surface area (Å²) >= 11 is 0. The number of ether oxygens (including phenoxy) is 1. The molecular weight excluding hydrogens is 442 g/mol. The number of aromatic nitrogens is 2. The fraction of sp³-hybridized carbons (Fsp3) is 0.269. The van der Waals surface area contributed by atoms with E-state index in [9.17, 15) is 4.79 Å². The summed E-state index contributed by atoms with van der Waals surface area (Å²) in [5.74, 6) is 0.371. The molecule has 4 N–H and O–H groups in total. The minimum Gasteiger partial charge on any atom is -0.398 e. The Morgan fingerprint density at radius 2 is 1.94 bits per heavy atom. The average molecular weight is 470 g/mol. The van der Waals surface area contributed by atoms with Gasteiger partial charge in [-0.15, -0.1) is 0 Å². The van der Waals surface area contributed by atoms with Crippen molar-refractivity contribution < 1.29 is 9.53 Å². The van der Waals surface area contributed by atoms with E-state index in [-0.39, 0.29) is 23.6 Å². The van der Waals surface area contributed by atoms with Gasteiger partial charge >= 0.3 is 0 Å². The Kier molecular flexibility index (Phi) is 6.75. The largest absolute Gasteiger partial charge is 0.398 e. The molecule has 1 aromatic carbocycles. The van der Waals surface area contributed by atoms with Gasteiger partial charge in [-0.05, 0) is 62.7 Å². The maximum Gasteiger partial charge on any atom is 0.274 e. The number of morpholine rings is 1. The first-order chi connectivity index (χ1) is 16.7. The van der Waals surface area contributed by atoms with E-state index in [4.69, 9.17) is 21.1 Å². The highest BCUT2D eigenvalue weighted by Gasteiger charge is 2.24. The summed E-state index contributed by atoms with van der Waals surface area (Å²) in [5.41, 5.74) is 9.72. The van der Waals surface area contributed by atoms with Crippen LogP contribution in [0.3, 0.4) is 0 Å². The first-order valence-corrected chi connectivity index (χ1v) is 11.3. The van der Waals surface area contributed by atoms with Crippen molar-refractivity contribution in [3.05, 3.63) is 76.7 Å². The number of nitrogens with one attached hydrogen (secondary N) is 2. The second-order valence-corrected chi connectivity index (χ2v) is 8.70. The Balaban J connectivity index is 1.57. The topological polar surface area (TPSA) is 141 Å². The predicted octanol–water partition coefficient (Wildman–Crippen LogP) is 3.52. The number of nitrogens with zero attached hydrogens (tertiary/aromatic N) is 4. The Morgan fingerprint density at radius 1 is 1.20 bits per heavy atom. The Labute approximate surface area is 204 Å². The van der Waals surface area contributed by atoms with Crippen LogP contribution in [0.2, 0.25) is 0 Å². The highest BCUT2D eigenvalue weighted by molar-refractivity contribution is 6.15. The standard InChI is InChI=1S/C26H27N7O2/c1-15-8-18(11-27)12-31-25(15)26(34)32-20-4-5-22(28)21(10-20)24(29)19-6-7-30-23(9-19)33-13-16(2)35-17(3)14-33/h4-10,12,16-17,29H,13-14,28H2,1-3H3,(H,32,34). The highest BCUT2D eigenvalue weighted by Crippen LogP contribution is 2.25. The molecule has 4 rings (SSSR count). The fourth-order valence-electron chi connectivity index (χ4n) is 4.18. The lowest BCUT2D eigenvalue weighted by atomic mass is 10.0. The SMILES string of the molecule is Cc1cc(C#N)cnc1C(=O)Nc1ccc(N)c(C(=N)c2ccnc(N3CC(C)OC(C)C3)c2)c1. The number of hydrogen-bond acceptors (Lipinski definition) is 8. The van der Waals surface area contributed by atoms with Gasteiger partial charge in [-0.1, -0.05) is 0 Å². The van der Waals surface area contributed by atoms with Crippen molar-refractivity contribution in [2.24, 2.45) is 0 Å². The molecule has 1 fully saturated rings. The van der Waals surface area contributed by atoms with Crippen LogP contribution in [0.25, 0.3) is 0 Å². The molecule has 9 heteroatoms. The first kappa shape index (κ1) is 23.9. The number of nitrogen functional groups attached to an aromatic ring is 1. The average Bonchev–Trinajstić information content (AvgIpc) is 2.84. The monoisotopic (exact) mass is 469 g/mol. The molecule has 0 bridgehead atoms. The molecule has 3 heterocycles. The van der Waals surface area contributed by atoms with Crippen LogP contribution in [0.1, 0.15) is 46.6 Å². The number of anilines is 3. The van der Waals surface area contributed by atoms with Gasteiger partial charge in [0.2, 0.25) is 0 Å². The zero-order chi connectivity index (χ0) is 25.1. The minimum absolute atomic E-state index is 0.0915. The van der Waals surface area contributed by atoms with Crippen molar-refractivity contribution in [1.29, 1.82) is 10.7 Å². The molecule has 0 spiro atoms. The molecular formula is C26H27N7O2. The van der Waals surface area contributed by atoms with Crippen LogP contribution in [0.4, 0.5) is 17.2 Å². The molecule has 9 nitrogen and oxygen atoms in total. The van der Waals surface area contributed by atoms with Crippen molar-refractivity contribution in [2.45, 2.75) is 33.0 Å². The Morgan fingerprint density at radius 3 is 2.63 bits per heavy atom. The van der Waals surface area contributed by atoms with Gasteiger partial charge in [0.25, 0.3) is 5.91 Å². The number of carbonyl (C=O) groups excluding carboxylic acids is 1. The van der Waals surface area contributed by atoms with Crippen molar-refractivity contribution in [2.75, 3.05) is 29.0 Å². The molecule has 1 amide bonds. The molecule has 178 valence electrons. The van der Waals surface area contributed by atoms with E-state index >= 15 is 0 Å². The van der Waals surface area contributed by atoms with E-state index in [0.29, 0.717) is 33.6 Å². The summed E-state index contributed by atoms with van der Waals surface area (Å²) in [5, 5.41) is 20.6. The molecule has 3 aromatic rings. The summed E-state index contributed by atoms with van der Waals surface area (Å²) in [6.07, 6.45) is 3.23. The molecule has 2 atom stereocenters. The van der Waals surface area contributed by atoms with E-state index in [2.05, 4.69) is 20.2 Å². The minimum atomic E-state index is -0.406. The summed E-state index contributed by atoms with van der Waals surface area (Å²) in [4.78, 5) is 23.5. The molecule has 2 aromatic heterocycles. The van der Waals surface area contributed by atoms with Gasteiger partial charge in [0, 0.05) is 48.0 Å². The van der Waals surface area contributed by atoms with Crippen molar-refractivity contribution >= 4 is 28.8 Å². The summed E-state index contributed by atoms with van der Waals surface area (Å²) in [6.45, 7) is 7.23. The molecule has 0 saturated carbocycles. The zero-order valence-corrected chi connectivity index (χ0v) is 19.9. The van der Waals surface area contributed by atoms with Crippen LogP contribution in [-0.4, -0.2) is 46.9 Å². The number of aryl methyl sites for hydroxylation is 1. The number of nitriles is 1. The van der Waals surface area contributed by atoms with Crippen LogP contribution < -0.4 is 16.0 Å². The van der Waals surface area contributed by atoms with Crippen LogP contribution in [0.5, 0.6) is 0 Å². The molecule has 0 radical (unpaired) electrons. The normalized spacial score (nSPS) is 17.5. The number of carbonyl (C=O) groups is 1. The third-order valence-corrected chi connectivity index (χ3v) is 5.78. The van der Waals surface area contributed by atoms with E-state index in [1.807, 2.05) is 26.0 Å². The number of amides is 1. The summed E-state index contributed by atoms with van der Waals surface area (Å²) in [6, 6.07) is 12.3.